The van der Waals surface area contributed by atoms with Gasteiger partial charge >= 0.3 is 0 Å². The molecule has 0 spiro atoms. The molecule has 0 aromatic carbocycles. The molecule has 0 heterocycles. The molecule has 0 aliphatic heterocycles. The molecule has 0 aromatic heterocycles. The second-order valence-corrected chi connectivity index (χ2v) is 2.13. The van der Waals surface area contributed by atoms with E-state index in [-0.39, 0.29) is 0 Å². The van der Waals surface area contributed by atoms with Gasteiger partial charge in [-0.3, -0.25) is 9.59 Å². The largest absolute Gasteiger partial charge is 0.485 e. The van der Waals surface area contributed by atoms with Crippen LogP contribution in [0.5, 0.6) is 0 Å². The maximum Gasteiger partial charge on any atom is 0.300 e. The smallest absolute Gasteiger partial charge is 0.300 e. The Hall–Kier alpha value is -0.883. The number of carboxylic acids is 1. The van der Waals surface area contributed by atoms with E-state index < -0.39 is 21.2 Å². The lowest BCUT2D eigenvalue weighted by Crippen LogP contribution is -2.15. The fourth-order valence-corrected chi connectivity index (χ4v) is 0. The first-order valence-electron chi connectivity index (χ1n) is 2.12. The summed E-state index contributed by atoms with van der Waals surface area (Å²) >= 11 is 0. The standard InChI is InChI=1S/C2H4O2.CH5NO2Si/c1-2(3)4;2-5-1(3)4/h1H3,(H,3,4);2,5H2,(H,3,4). The van der Waals surface area contributed by atoms with Gasteiger partial charge < -0.3 is 15.6 Å². The zero-order chi connectivity index (χ0) is 7.86. The minimum atomic E-state index is -1.23. The molecule has 0 rings (SSSR count). The Morgan fingerprint density at radius 3 is 1.56 bits per heavy atom. The van der Waals surface area contributed by atoms with Gasteiger partial charge in [0.25, 0.3) is 11.6 Å². The zero-order valence-electron chi connectivity index (χ0n) is 5.00. The number of aliphatic carboxylic acids is 1. The summed E-state index contributed by atoms with van der Waals surface area (Å²) in [5, 5.41) is 19.8. The van der Waals surface area contributed by atoms with E-state index in [0.717, 1.165) is 6.92 Å². The van der Waals surface area contributed by atoms with Crippen molar-refractivity contribution in [1.29, 1.82) is 0 Å². The van der Waals surface area contributed by atoms with Crippen molar-refractivity contribution in [2.24, 2.45) is 5.40 Å². The van der Waals surface area contributed by atoms with Gasteiger partial charge in [-0.25, -0.2) is 0 Å². The second kappa shape index (κ2) is 7.12. The Morgan fingerprint density at radius 2 is 1.56 bits per heavy atom. The molecule has 0 radical (unpaired) electrons. The van der Waals surface area contributed by atoms with Gasteiger partial charge in [-0.05, 0) is 0 Å². The van der Waals surface area contributed by atoms with Crippen molar-refractivity contribution < 1.29 is 19.8 Å². The number of carboxylic acid groups (broad SMARTS) is 2. The topological polar surface area (TPSA) is 101 Å². The summed E-state index contributed by atoms with van der Waals surface area (Å²) < 4.78 is 0. The molecule has 4 N–H and O–H groups in total. The van der Waals surface area contributed by atoms with Gasteiger partial charge in [-0.15, -0.1) is 0 Å². The molecule has 0 saturated carbocycles. The molecular formula is C3H9NO4Si. The van der Waals surface area contributed by atoms with Gasteiger partial charge in [0.15, 0.2) is 0 Å². The third-order valence-electron chi connectivity index (χ3n) is 0.175. The fourth-order valence-electron chi connectivity index (χ4n) is 0. The molecule has 0 aromatic rings. The van der Waals surface area contributed by atoms with Gasteiger partial charge in [-0.1, -0.05) is 0 Å². The average Bonchev–Trinajstić information content (AvgIpc) is 1.65. The summed E-state index contributed by atoms with van der Waals surface area (Å²) in [5.41, 5.74) is -0.829. The minimum Gasteiger partial charge on any atom is -0.485 e. The molecule has 9 heavy (non-hydrogen) atoms. The van der Waals surface area contributed by atoms with E-state index in [4.69, 9.17) is 20.4 Å². The summed E-state index contributed by atoms with van der Waals surface area (Å²) in [4.78, 5) is 18.3. The molecule has 54 valence electrons. The van der Waals surface area contributed by atoms with Gasteiger partial charge in [0, 0.05) is 6.92 Å². The highest BCUT2D eigenvalue weighted by atomic mass is 28.2. The minimum absolute atomic E-state index is 0.829. The maximum absolute atomic E-state index is 9.30. The molecule has 0 amide bonds. The van der Waals surface area contributed by atoms with Crippen molar-refractivity contribution in [2.45, 2.75) is 6.92 Å². The first-order valence-corrected chi connectivity index (χ1v) is 3.64. The van der Waals surface area contributed by atoms with Gasteiger partial charge in [0.2, 0.25) is 9.68 Å². The monoisotopic (exact) mass is 151 g/mol. The Morgan fingerprint density at radius 1 is 1.44 bits per heavy atom. The predicted molar refractivity (Wildman–Crippen MR) is 34.1 cm³/mol. The molecule has 5 nitrogen and oxygen atoms in total. The fraction of sp³-hybridized carbons (Fsp3) is 0.333. The summed E-state index contributed by atoms with van der Waals surface area (Å²) in [7, 11) is -1.23. The van der Waals surface area contributed by atoms with Crippen LogP contribution in [0, 0.1) is 0 Å². The lowest BCUT2D eigenvalue weighted by atomic mass is 10.9. The van der Waals surface area contributed by atoms with Crippen LogP contribution in [0.2, 0.25) is 0 Å². The highest BCUT2D eigenvalue weighted by molar-refractivity contribution is 6.68. The Labute approximate surface area is 54.4 Å². The molecule has 0 atom stereocenters. The normalized spacial score (nSPS) is 8.22. The van der Waals surface area contributed by atoms with Crippen molar-refractivity contribution in [3.8, 4) is 0 Å². The Balaban J connectivity index is 0. The summed E-state index contributed by atoms with van der Waals surface area (Å²) in [5.74, 6) is -0.833. The summed E-state index contributed by atoms with van der Waals surface area (Å²) in [6.45, 7) is 1.08. The highest BCUT2D eigenvalue weighted by Crippen LogP contribution is 1.48. The van der Waals surface area contributed by atoms with Crippen LogP contribution in [0.4, 0.5) is 4.79 Å². The van der Waals surface area contributed by atoms with Crippen molar-refractivity contribution in [3.05, 3.63) is 0 Å². The van der Waals surface area contributed by atoms with E-state index in [9.17, 15) is 4.79 Å². The second-order valence-electron chi connectivity index (χ2n) is 1.12. The third-order valence-corrected chi connectivity index (χ3v) is 0.524. The summed E-state index contributed by atoms with van der Waals surface area (Å²) in [6, 6.07) is 0. The van der Waals surface area contributed by atoms with E-state index in [2.05, 4.69) is 0 Å². The van der Waals surface area contributed by atoms with Gasteiger partial charge in [-0.2, -0.15) is 0 Å². The number of carbonyl (C=O) groups is 2. The Kier molecular flexibility index (Phi) is 8.69. The summed E-state index contributed by atoms with van der Waals surface area (Å²) in [6.07, 6.45) is 0. The SMILES string of the molecule is CC(=O)O.N[SiH2]C(=O)O. The number of hydrogen-bond acceptors (Lipinski definition) is 3. The van der Waals surface area contributed by atoms with Crippen LogP contribution < -0.4 is 5.40 Å². The van der Waals surface area contributed by atoms with Crippen molar-refractivity contribution in [3.63, 3.8) is 0 Å². The Bertz CT molecular complexity index is 100.0. The van der Waals surface area contributed by atoms with Crippen LogP contribution in [0.15, 0.2) is 0 Å². The number of rotatable bonds is 1. The van der Waals surface area contributed by atoms with E-state index >= 15 is 0 Å². The van der Waals surface area contributed by atoms with Crippen LogP contribution in [0.25, 0.3) is 0 Å². The molecule has 0 fully saturated rings. The molecule has 0 bridgehead atoms. The van der Waals surface area contributed by atoms with E-state index in [1.165, 1.54) is 0 Å². The molecule has 0 aliphatic carbocycles. The van der Waals surface area contributed by atoms with Gasteiger partial charge in [0.05, 0.1) is 0 Å². The van der Waals surface area contributed by atoms with Gasteiger partial charge in [0.1, 0.15) is 0 Å². The zero-order valence-corrected chi connectivity index (χ0v) is 6.41. The third kappa shape index (κ3) is 149. The number of hydrogen-bond donors (Lipinski definition) is 3. The van der Waals surface area contributed by atoms with Crippen LogP contribution in [-0.4, -0.2) is 31.5 Å². The number of nitrogens with two attached hydrogens (primary N) is 1. The molecular weight excluding hydrogens is 142 g/mol. The van der Waals surface area contributed by atoms with E-state index in [0.29, 0.717) is 0 Å². The first-order chi connectivity index (χ1) is 4.00. The quantitative estimate of drug-likeness (QED) is 0.408. The molecule has 6 heteroatoms. The average molecular weight is 151 g/mol. The van der Waals surface area contributed by atoms with Crippen LogP contribution in [0.3, 0.4) is 0 Å². The van der Waals surface area contributed by atoms with Crippen LogP contribution in [0.1, 0.15) is 6.92 Å². The molecule has 0 saturated heterocycles. The lowest BCUT2D eigenvalue weighted by molar-refractivity contribution is -0.134. The molecule has 0 aliphatic rings. The van der Waals surface area contributed by atoms with E-state index in [1.807, 2.05) is 0 Å². The first kappa shape index (κ1) is 11.0. The lowest BCUT2D eigenvalue weighted by Gasteiger charge is -1.71. The predicted octanol–water partition coefficient (Wildman–Crippen LogP) is -1.20. The van der Waals surface area contributed by atoms with Crippen LogP contribution in [-0.2, 0) is 4.79 Å². The van der Waals surface area contributed by atoms with Crippen molar-refractivity contribution in [1.82, 2.24) is 0 Å². The van der Waals surface area contributed by atoms with Crippen molar-refractivity contribution in [2.75, 3.05) is 0 Å². The highest BCUT2D eigenvalue weighted by Gasteiger charge is 1.83. The van der Waals surface area contributed by atoms with E-state index in [1.54, 1.807) is 0 Å². The molecule has 0 unspecified atom stereocenters. The maximum atomic E-state index is 9.30. The van der Waals surface area contributed by atoms with Crippen molar-refractivity contribution >= 4 is 21.2 Å². The van der Waals surface area contributed by atoms with Crippen LogP contribution >= 0.6 is 0 Å².